The van der Waals surface area contributed by atoms with Crippen molar-refractivity contribution in [3.63, 3.8) is 0 Å². The third kappa shape index (κ3) is 3.26. The van der Waals surface area contributed by atoms with Gasteiger partial charge in [-0.1, -0.05) is 13.3 Å². The van der Waals surface area contributed by atoms with Gasteiger partial charge >= 0.3 is 0 Å². The van der Waals surface area contributed by atoms with Crippen molar-refractivity contribution in [2.45, 2.75) is 64.0 Å². The number of hydrogen-bond acceptors (Lipinski definition) is 3. The van der Waals surface area contributed by atoms with Gasteiger partial charge in [-0.25, -0.2) is 0 Å². The molecule has 1 N–H and O–H groups in total. The van der Waals surface area contributed by atoms with E-state index in [0.29, 0.717) is 6.04 Å². The summed E-state index contributed by atoms with van der Waals surface area (Å²) in [5.74, 6) is 0. The third-order valence-corrected chi connectivity index (χ3v) is 5.84. The summed E-state index contributed by atoms with van der Waals surface area (Å²) in [5, 5.41) is 6.02. The maximum absolute atomic E-state index is 3.73. The third-order valence-electron chi connectivity index (χ3n) is 4.84. The number of thiophene rings is 1. The summed E-state index contributed by atoms with van der Waals surface area (Å²) in [5.41, 5.74) is 1.64. The predicted molar refractivity (Wildman–Crippen MR) is 87.5 cm³/mol. The second kappa shape index (κ2) is 7.06. The fourth-order valence-corrected chi connectivity index (χ4v) is 4.85. The standard InChI is InChI=1S/C17H28N2S/c1-2-11-19(13-14-6-3-4-10-18-14)16-7-5-8-17-15(16)9-12-20-17/h9,12,14,16,18H,2-8,10-11,13H2,1H3. The van der Waals surface area contributed by atoms with Gasteiger partial charge in [0.25, 0.3) is 0 Å². The van der Waals surface area contributed by atoms with Gasteiger partial charge in [-0.3, -0.25) is 4.90 Å². The maximum atomic E-state index is 3.73. The first-order chi connectivity index (χ1) is 9.88. The van der Waals surface area contributed by atoms with Crippen molar-refractivity contribution < 1.29 is 0 Å². The molecule has 0 spiro atoms. The van der Waals surface area contributed by atoms with Crippen LogP contribution in [0.5, 0.6) is 0 Å². The van der Waals surface area contributed by atoms with E-state index in [-0.39, 0.29) is 0 Å². The Morgan fingerprint density at radius 2 is 2.25 bits per heavy atom. The molecular weight excluding hydrogens is 264 g/mol. The molecule has 1 fully saturated rings. The molecule has 20 heavy (non-hydrogen) atoms. The molecular formula is C17H28N2S. The highest BCUT2D eigenvalue weighted by Gasteiger charge is 2.28. The average molecular weight is 292 g/mol. The van der Waals surface area contributed by atoms with Gasteiger partial charge in [-0.2, -0.15) is 0 Å². The number of piperidine rings is 1. The smallest absolute Gasteiger partial charge is 0.0359 e. The van der Waals surface area contributed by atoms with Crippen LogP contribution in [-0.4, -0.2) is 30.6 Å². The Balaban J connectivity index is 1.70. The molecule has 2 heterocycles. The molecule has 0 bridgehead atoms. The van der Waals surface area contributed by atoms with E-state index in [0.717, 1.165) is 6.04 Å². The Hall–Kier alpha value is -0.380. The zero-order valence-electron chi connectivity index (χ0n) is 12.7. The summed E-state index contributed by atoms with van der Waals surface area (Å²) in [6.07, 6.45) is 9.44. The first-order valence-electron chi connectivity index (χ1n) is 8.42. The highest BCUT2D eigenvalue weighted by atomic mass is 32.1. The van der Waals surface area contributed by atoms with Gasteiger partial charge < -0.3 is 5.32 Å². The lowest BCUT2D eigenvalue weighted by Crippen LogP contribution is -2.45. The van der Waals surface area contributed by atoms with Crippen LogP contribution in [0.3, 0.4) is 0 Å². The molecule has 1 saturated heterocycles. The summed E-state index contributed by atoms with van der Waals surface area (Å²) in [4.78, 5) is 4.42. The molecule has 0 saturated carbocycles. The van der Waals surface area contributed by atoms with Gasteiger partial charge in [0, 0.05) is 23.5 Å². The van der Waals surface area contributed by atoms with Gasteiger partial charge in [0.1, 0.15) is 0 Å². The molecule has 0 amide bonds. The van der Waals surface area contributed by atoms with E-state index in [2.05, 4.69) is 28.6 Å². The van der Waals surface area contributed by atoms with Gasteiger partial charge in [0.2, 0.25) is 0 Å². The Bertz CT molecular complexity index is 409. The fraction of sp³-hybridized carbons (Fsp3) is 0.765. The number of fused-ring (bicyclic) bond motifs is 1. The first kappa shape index (κ1) is 14.6. The van der Waals surface area contributed by atoms with Gasteiger partial charge in [0.15, 0.2) is 0 Å². The first-order valence-corrected chi connectivity index (χ1v) is 9.30. The summed E-state index contributed by atoms with van der Waals surface area (Å²) in [7, 11) is 0. The minimum atomic E-state index is 0.689. The highest BCUT2D eigenvalue weighted by molar-refractivity contribution is 7.10. The molecule has 0 aromatic carbocycles. The Kier molecular flexibility index (Phi) is 5.14. The Labute approximate surface area is 127 Å². The van der Waals surface area contributed by atoms with Crippen LogP contribution in [-0.2, 0) is 6.42 Å². The van der Waals surface area contributed by atoms with E-state index >= 15 is 0 Å². The molecule has 3 heteroatoms. The predicted octanol–water partition coefficient (Wildman–Crippen LogP) is 3.98. The molecule has 1 aliphatic heterocycles. The lowest BCUT2D eigenvalue weighted by molar-refractivity contribution is 0.152. The Morgan fingerprint density at radius 1 is 1.30 bits per heavy atom. The highest BCUT2D eigenvalue weighted by Crippen LogP contribution is 2.37. The quantitative estimate of drug-likeness (QED) is 0.883. The largest absolute Gasteiger partial charge is 0.313 e. The normalized spacial score (nSPS) is 26.7. The van der Waals surface area contributed by atoms with E-state index in [4.69, 9.17) is 0 Å². The van der Waals surface area contributed by atoms with Crippen molar-refractivity contribution in [3.8, 4) is 0 Å². The monoisotopic (exact) mass is 292 g/mol. The van der Waals surface area contributed by atoms with Crippen LogP contribution in [0, 0.1) is 0 Å². The summed E-state index contributed by atoms with van der Waals surface area (Å²) in [6, 6.07) is 3.80. The van der Waals surface area contributed by atoms with Crippen molar-refractivity contribution in [2.75, 3.05) is 19.6 Å². The molecule has 2 aliphatic rings. The van der Waals surface area contributed by atoms with Crippen molar-refractivity contribution in [3.05, 3.63) is 21.9 Å². The molecule has 2 atom stereocenters. The number of hydrogen-bond donors (Lipinski definition) is 1. The van der Waals surface area contributed by atoms with Crippen LogP contribution in [0.2, 0.25) is 0 Å². The molecule has 1 aromatic heterocycles. The van der Waals surface area contributed by atoms with Crippen LogP contribution in [0.1, 0.15) is 61.9 Å². The number of nitrogens with zero attached hydrogens (tertiary/aromatic N) is 1. The zero-order chi connectivity index (χ0) is 13.8. The Morgan fingerprint density at radius 3 is 3.05 bits per heavy atom. The van der Waals surface area contributed by atoms with E-state index < -0.39 is 0 Å². The van der Waals surface area contributed by atoms with E-state index in [1.807, 2.05) is 11.3 Å². The molecule has 3 rings (SSSR count). The second-order valence-electron chi connectivity index (χ2n) is 6.35. The minimum Gasteiger partial charge on any atom is -0.313 e. The van der Waals surface area contributed by atoms with Crippen LogP contribution in [0.4, 0.5) is 0 Å². The summed E-state index contributed by atoms with van der Waals surface area (Å²) >= 11 is 1.97. The zero-order valence-corrected chi connectivity index (χ0v) is 13.6. The van der Waals surface area contributed by atoms with Crippen molar-refractivity contribution in [1.29, 1.82) is 0 Å². The number of rotatable bonds is 5. The maximum Gasteiger partial charge on any atom is 0.0359 e. The SMILES string of the molecule is CCCN(CC1CCCCN1)C1CCCc2sccc21. The summed E-state index contributed by atoms with van der Waals surface area (Å²) in [6.45, 7) is 6.03. The van der Waals surface area contributed by atoms with Gasteiger partial charge in [0.05, 0.1) is 0 Å². The van der Waals surface area contributed by atoms with Crippen molar-refractivity contribution in [2.24, 2.45) is 0 Å². The van der Waals surface area contributed by atoms with Crippen LogP contribution >= 0.6 is 11.3 Å². The fourth-order valence-electron chi connectivity index (χ4n) is 3.87. The van der Waals surface area contributed by atoms with Crippen molar-refractivity contribution >= 4 is 11.3 Å². The molecule has 2 unspecified atom stereocenters. The molecule has 0 radical (unpaired) electrons. The van der Waals surface area contributed by atoms with Crippen LogP contribution < -0.4 is 5.32 Å². The average Bonchev–Trinajstić information content (AvgIpc) is 2.96. The van der Waals surface area contributed by atoms with E-state index in [1.54, 1.807) is 10.4 Å². The van der Waals surface area contributed by atoms with Gasteiger partial charge in [-0.05, 0) is 68.6 Å². The number of nitrogens with one attached hydrogen (secondary N) is 1. The topological polar surface area (TPSA) is 15.3 Å². The lowest BCUT2D eigenvalue weighted by Gasteiger charge is -2.38. The van der Waals surface area contributed by atoms with Crippen LogP contribution in [0.15, 0.2) is 11.4 Å². The van der Waals surface area contributed by atoms with E-state index in [9.17, 15) is 0 Å². The minimum absolute atomic E-state index is 0.689. The molecule has 2 nitrogen and oxygen atoms in total. The van der Waals surface area contributed by atoms with E-state index in [1.165, 1.54) is 64.6 Å². The summed E-state index contributed by atoms with van der Waals surface area (Å²) < 4.78 is 0. The lowest BCUT2D eigenvalue weighted by atomic mass is 9.91. The molecule has 1 aliphatic carbocycles. The molecule has 1 aromatic rings. The molecule has 112 valence electrons. The number of aryl methyl sites for hydroxylation is 1. The second-order valence-corrected chi connectivity index (χ2v) is 7.35. The van der Waals surface area contributed by atoms with Crippen molar-refractivity contribution in [1.82, 2.24) is 10.2 Å². The van der Waals surface area contributed by atoms with Gasteiger partial charge in [-0.15, -0.1) is 11.3 Å². The van der Waals surface area contributed by atoms with Crippen LogP contribution in [0.25, 0.3) is 0 Å².